The van der Waals surface area contributed by atoms with Crippen LogP contribution in [0.15, 0.2) is 30.3 Å². The number of aromatic amines is 1. The number of carbonyl (C=O) groups is 1. The summed E-state index contributed by atoms with van der Waals surface area (Å²) in [6.07, 6.45) is 4.98. The lowest BCUT2D eigenvalue weighted by Gasteiger charge is -2.48. The zero-order chi connectivity index (χ0) is 24.5. The number of nitrogens with one attached hydrogen (secondary N) is 1. The molecular weight excluding hydrogens is 432 g/mol. The molecule has 2 heterocycles. The first-order chi connectivity index (χ1) is 16.8. The van der Waals surface area contributed by atoms with Crippen LogP contribution in [0, 0.1) is 11.3 Å². The molecule has 1 saturated heterocycles. The molecule has 2 aliphatic carbocycles. The SMILES string of the molecule is CCc1cc2c(cc1N1CCN(C3CCC3)C(C)C1)C(C)(C)c1[nH]c3cc(C#N)ccc3c1C2=O. The number of benzene rings is 2. The number of nitriles is 1. The highest BCUT2D eigenvalue weighted by Gasteiger charge is 2.41. The quantitative estimate of drug-likeness (QED) is 0.551. The third-order valence-corrected chi connectivity index (χ3v) is 8.86. The van der Waals surface area contributed by atoms with Crippen LogP contribution in [0.1, 0.15) is 85.3 Å². The third kappa shape index (κ3) is 3.27. The van der Waals surface area contributed by atoms with Crippen LogP contribution >= 0.6 is 0 Å². The van der Waals surface area contributed by atoms with E-state index in [0.717, 1.165) is 65.4 Å². The zero-order valence-corrected chi connectivity index (χ0v) is 21.2. The first kappa shape index (κ1) is 22.4. The normalized spacial score (nSPS) is 22.0. The topological polar surface area (TPSA) is 63.1 Å². The highest BCUT2D eigenvalue weighted by atomic mass is 16.1. The summed E-state index contributed by atoms with van der Waals surface area (Å²) in [5.41, 5.74) is 7.32. The number of hydrogen-bond donors (Lipinski definition) is 1. The summed E-state index contributed by atoms with van der Waals surface area (Å²) in [5, 5.41) is 10.3. The number of fused-ring (bicyclic) bond motifs is 4. The number of piperazine rings is 1. The van der Waals surface area contributed by atoms with Gasteiger partial charge in [-0.05, 0) is 61.6 Å². The van der Waals surface area contributed by atoms with Crippen molar-refractivity contribution in [3.63, 3.8) is 0 Å². The molecule has 0 spiro atoms. The largest absolute Gasteiger partial charge is 0.368 e. The Morgan fingerprint density at radius 2 is 1.97 bits per heavy atom. The minimum atomic E-state index is -0.342. The summed E-state index contributed by atoms with van der Waals surface area (Å²) in [5.74, 6) is 0.0923. The van der Waals surface area contributed by atoms with Crippen molar-refractivity contribution in [2.45, 2.75) is 70.9 Å². The van der Waals surface area contributed by atoms with Crippen molar-refractivity contribution < 1.29 is 4.79 Å². The average Bonchev–Trinajstić information content (AvgIpc) is 3.22. The van der Waals surface area contributed by atoms with E-state index < -0.39 is 0 Å². The first-order valence-electron chi connectivity index (χ1n) is 13.1. The van der Waals surface area contributed by atoms with E-state index in [9.17, 15) is 10.1 Å². The van der Waals surface area contributed by atoms with Gasteiger partial charge in [-0.15, -0.1) is 0 Å². The maximum Gasteiger partial charge on any atom is 0.195 e. The highest BCUT2D eigenvalue weighted by Crippen LogP contribution is 2.46. The third-order valence-electron chi connectivity index (χ3n) is 8.86. The molecule has 3 aromatic rings. The van der Waals surface area contributed by atoms with Gasteiger partial charge in [-0.2, -0.15) is 5.26 Å². The van der Waals surface area contributed by atoms with Crippen LogP contribution in [-0.2, 0) is 11.8 Å². The summed E-state index contributed by atoms with van der Waals surface area (Å²) in [6, 6.07) is 13.6. The van der Waals surface area contributed by atoms with Crippen molar-refractivity contribution >= 4 is 22.4 Å². The second kappa shape index (κ2) is 7.96. The maximum absolute atomic E-state index is 13.9. The fraction of sp³-hybridized carbons (Fsp3) is 0.467. The lowest BCUT2D eigenvalue weighted by atomic mass is 9.70. The summed E-state index contributed by atoms with van der Waals surface area (Å²) >= 11 is 0. The monoisotopic (exact) mass is 466 g/mol. The van der Waals surface area contributed by atoms with E-state index in [0.29, 0.717) is 11.6 Å². The molecule has 180 valence electrons. The second-order valence-corrected chi connectivity index (χ2v) is 11.2. The van der Waals surface area contributed by atoms with Crippen molar-refractivity contribution in [3.8, 4) is 6.07 Å². The van der Waals surface area contributed by atoms with Gasteiger partial charge in [0.25, 0.3) is 0 Å². The Labute approximate surface area is 207 Å². The fourth-order valence-corrected chi connectivity index (χ4v) is 6.61. The minimum Gasteiger partial charge on any atom is -0.368 e. The van der Waals surface area contributed by atoms with Gasteiger partial charge >= 0.3 is 0 Å². The molecule has 1 unspecified atom stereocenters. The van der Waals surface area contributed by atoms with E-state index in [2.05, 4.69) is 60.7 Å². The number of carbonyl (C=O) groups excluding carboxylic acids is 1. The van der Waals surface area contributed by atoms with Crippen molar-refractivity contribution in [3.05, 3.63) is 63.8 Å². The van der Waals surface area contributed by atoms with E-state index in [4.69, 9.17) is 0 Å². The maximum atomic E-state index is 13.9. The predicted molar refractivity (Wildman–Crippen MR) is 140 cm³/mol. The molecule has 1 aliphatic heterocycles. The lowest BCUT2D eigenvalue weighted by Crippen LogP contribution is -2.57. The number of anilines is 1. The van der Waals surface area contributed by atoms with Crippen LogP contribution in [0.5, 0.6) is 0 Å². The minimum absolute atomic E-state index is 0.0923. The molecule has 3 aliphatic rings. The van der Waals surface area contributed by atoms with Crippen LogP contribution in [-0.4, -0.2) is 47.4 Å². The summed E-state index contributed by atoms with van der Waals surface area (Å²) in [4.78, 5) is 22.7. The van der Waals surface area contributed by atoms with Crippen LogP contribution in [0.3, 0.4) is 0 Å². The Kier molecular flexibility index (Phi) is 5.09. The molecule has 1 N–H and O–H groups in total. The van der Waals surface area contributed by atoms with Crippen LogP contribution in [0.25, 0.3) is 10.9 Å². The molecule has 0 bridgehead atoms. The molecular formula is C30H34N4O. The van der Waals surface area contributed by atoms with E-state index in [1.807, 2.05) is 12.1 Å². The van der Waals surface area contributed by atoms with Crippen molar-refractivity contribution in [2.75, 3.05) is 24.5 Å². The molecule has 5 nitrogen and oxygen atoms in total. The van der Waals surface area contributed by atoms with Crippen molar-refractivity contribution in [2.24, 2.45) is 0 Å². The Morgan fingerprint density at radius 3 is 2.63 bits per heavy atom. The molecule has 6 rings (SSSR count). The van der Waals surface area contributed by atoms with Crippen molar-refractivity contribution in [1.29, 1.82) is 5.26 Å². The molecule has 0 radical (unpaired) electrons. The van der Waals surface area contributed by atoms with E-state index in [-0.39, 0.29) is 11.2 Å². The molecule has 2 fully saturated rings. The summed E-state index contributed by atoms with van der Waals surface area (Å²) in [7, 11) is 0. The lowest BCUT2D eigenvalue weighted by molar-refractivity contribution is 0.0774. The molecule has 5 heteroatoms. The van der Waals surface area contributed by atoms with Crippen LogP contribution in [0.4, 0.5) is 5.69 Å². The predicted octanol–water partition coefficient (Wildman–Crippen LogP) is 5.54. The van der Waals surface area contributed by atoms with Gasteiger partial charge in [-0.1, -0.05) is 33.3 Å². The van der Waals surface area contributed by atoms with Crippen molar-refractivity contribution in [1.82, 2.24) is 9.88 Å². The molecule has 0 amide bonds. The number of rotatable bonds is 3. The number of hydrogen-bond acceptors (Lipinski definition) is 4. The van der Waals surface area contributed by atoms with Crippen LogP contribution < -0.4 is 4.90 Å². The van der Waals surface area contributed by atoms with E-state index in [1.54, 1.807) is 6.07 Å². The number of ketones is 1. The Hall–Kier alpha value is -3.10. The highest BCUT2D eigenvalue weighted by molar-refractivity contribution is 6.20. The van der Waals surface area contributed by atoms with E-state index in [1.165, 1.54) is 30.5 Å². The number of aromatic nitrogens is 1. The Bertz CT molecular complexity index is 1390. The summed E-state index contributed by atoms with van der Waals surface area (Å²) in [6.45, 7) is 12.2. The smallest absolute Gasteiger partial charge is 0.195 e. The summed E-state index contributed by atoms with van der Waals surface area (Å²) < 4.78 is 0. The molecule has 1 aromatic heterocycles. The molecule has 1 atom stereocenters. The van der Waals surface area contributed by atoms with Gasteiger partial charge in [0.2, 0.25) is 0 Å². The van der Waals surface area contributed by atoms with Gasteiger partial charge in [0, 0.05) is 65.0 Å². The zero-order valence-electron chi connectivity index (χ0n) is 21.2. The molecule has 2 aromatic carbocycles. The van der Waals surface area contributed by atoms with Gasteiger partial charge in [0.1, 0.15) is 0 Å². The second-order valence-electron chi connectivity index (χ2n) is 11.2. The van der Waals surface area contributed by atoms with Gasteiger partial charge in [-0.25, -0.2) is 0 Å². The average molecular weight is 467 g/mol. The first-order valence-corrected chi connectivity index (χ1v) is 13.1. The number of H-pyrrole nitrogens is 1. The number of aryl methyl sites for hydroxylation is 1. The van der Waals surface area contributed by atoms with E-state index >= 15 is 0 Å². The Balaban J connectivity index is 1.43. The van der Waals surface area contributed by atoms with Gasteiger partial charge in [0.05, 0.1) is 17.2 Å². The van der Waals surface area contributed by atoms with Gasteiger partial charge in [-0.3, -0.25) is 9.69 Å². The molecule has 1 saturated carbocycles. The molecule has 35 heavy (non-hydrogen) atoms. The Morgan fingerprint density at radius 1 is 1.17 bits per heavy atom. The standard InChI is InChI=1S/C30H34N4O/c1-5-20-14-23-24(15-26(20)33-11-12-34(18(2)17-33)21-7-6-8-21)30(3,4)29-27(28(23)35)22-10-9-19(16-31)13-25(22)32-29/h9-10,13-15,18,21,32H,5-8,11-12,17H2,1-4H3. The fourth-order valence-electron chi connectivity index (χ4n) is 6.61. The number of nitrogens with zero attached hydrogens (tertiary/aromatic N) is 3. The van der Waals surface area contributed by atoms with Gasteiger partial charge < -0.3 is 9.88 Å². The van der Waals surface area contributed by atoms with Gasteiger partial charge in [0.15, 0.2) is 5.78 Å². The van der Waals surface area contributed by atoms with Crippen LogP contribution in [0.2, 0.25) is 0 Å².